The number of nitrogens with one attached hydrogen (secondary N) is 1. The summed E-state index contributed by atoms with van der Waals surface area (Å²) in [5, 5.41) is 3.66. The normalized spacial score (nSPS) is 11.0. The van der Waals surface area contributed by atoms with Crippen LogP contribution in [0, 0.1) is 13.8 Å². The van der Waals surface area contributed by atoms with Gasteiger partial charge in [-0.25, -0.2) is 4.98 Å². The van der Waals surface area contributed by atoms with E-state index in [9.17, 15) is 0 Å². The minimum absolute atomic E-state index is 0.785. The van der Waals surface area contributed by atoms with Crippen LogP contribution in [0.2, 0.25) is 0 Å². The summed E-state index contributed by atoms with van der Waals surface area (Å²) in [4.78, 5) is 4.88. The zero-order chi connectivity index (χ0) is 18.1. The Kier molecular flexibility index (Phi) is 4.51. The highest BCUT2D eigenvalue weighted by Gasteiger charge is 2.15. The number of para-hydroxylation sites is 1. The predicted molar refractivity (Wildman–Crippen MR) is 111 cm³/mol. The van der Waals surface area contributed by atoms with Gasteiger partial charge in [-0.15, -0.1) is 0 Å². The highest BCUT2D eigenvalue weighted by molar-refractivity contribution is 9.10. The molecule has 0 saturated carbocycles. The van der Waals surface area contributed by atoms with Crippen molar-refractivity contribution in [2.24, 2.45) is 0 Å². The Morgan fingerprint density at radius 2 is 1.65 bits per heavy atom. The van der Waals surface area contributed by atoms with E-state index < -0.39 is 0 Å². The van der Waals surface area contributed by atoms with Gasteiger partial charge < -0.3 is 5.32 Å². The van der Waals surface area contributed by atoms with Crippen LogP contribution in [0.15, 0.2) is 71.3 Å². The molecule has 2 aromatic carbocycles. The van der Waals surface area contributed by atoms with E-state index in [2.05, 4.69) is 88.2 Å². The van der Waals surface area contributed by atoms with E-state index >= 15 is 0 Å². The van der Waals surface area contributed by atoms with Crippen LogP contribution in [0.3, 0.4) is 0 Å². The maximum Gasteiger partial charge on any atom is 0.138 e. The highest BCUT2D eigenvalue weighted by atomic mass is 79.9. The molecular weight excluding hydrogens is 386 g/mol. The number of fused-ring (bicyclic) bond motifs is 1. The van der Waals surface area contributed by atoms with Crippen LogP contribution in [0.25, 0.3) is 5.65 Å². The van der Waals surface area contributed by atoms with Crippen LogP contribution in [-0.4, -0.2) is 9.38 Å². The number of halogens is 1. The molecule has 1 N–H and O–H groups in total. The maximum absolute atomic E-state index is 4.88. The lowest BCUT2D eigenvalue weighted by atomic mass is 10.1. The number of pyridine rings is 1. The predicted octanol–water partition coefficient (Wildman–Crippen LogP) is 6.05. The summed E-state index contributed by atoms with van der Waals surface area (Å²) in [6.07, 6.45) is 2.85. The molecule has 2 heterocycles. The first-order valence-electron chi connectivity index (χ1n) is 8.65. The van der Waals surface area contributed by atoms with Gasteiger partial charge in [0, 0.05) is 22.8 Å². The quantitative estimate of drug-likeness (QED) is 0.447. The Morgan fingerprint density at radius 3 is 2.38 bits per heavy atom. The number of anilines is 2. The average molecular weight is 406 g/mol. The summed E-state index contributed by atoms with van der Waals surface area (Å²) < 4.78 is 3.15. The Hall–Kier alpha value is -2.59. The maximum atomic E-state index is 4.88. The number of hydrogen-bond donors (Lipinski definition) is 1. The largest absolute Gasteiger partial charge is 0.339 e. The number of nitrogens with zero attached hydrogens (tertiary/aromatic N) is 2. The van der Waals surface area contributed by atoms with Crippen molar-refractivity contribution >= 4 is 33.1 Å². The van der Waals surface area contributed by atoms with E-state index in [-0.39, 0.29) is 0 Å². The van der Waals surface area contributed by atoms with Crippen molar-refractivity contribution in [3.63, 3.8) is 0 Å². The monoisotopic (exact) mass is 405 g/mol. The van der Waals surface area contributed by atoms with Crippen LogP contribution in [0.1, 0.15) is 22.4 Å². The first-order valence-corrected chi connectivity index (χ1v) is 9.45. The molecular formula is C22H20BrN3. The number of benzene rings is 2. The summed E-state index contributed by atoms with van der Waals surface area (Å²) in [6.45, 7) is 4.26. The van der Waals surface area contributed by atoms with Gasteiger partial charge in [0.1, 0.15) is 11.5 Å². The van der Waals surface area contributed by atoms with Crippen LogP contribution in [0.4, 0.5) is 11.5 Å². The zero-order valence-corrected chi connectivity index (χ0v) is 16.4. The molecule has 4 rings (SSSR count). The Bertz CT molecular complexity index is 1050. The van der Waals surface area contributed by atoms with Crippen molar-refractivity contribution in [2.75, 3.05) is 5.32 Å². The molecule has 4 aromatic rings. The van der Waals surface area contributed by atoms with Gasteiger partial charge in [-0.05, 0) is 58.6 Å². The number of aryl methyl sites for hydroxylation is 2. The SMILES string of the molecule is Cc1cccc(C)c1Nc1c(Cc2ccccc2)nc2ccc(Br)cn12. The molecule has 0 aliphatic rings. The molecule has 0 aliphatic carbocycles. The second-order valence-electron chi connectivity index (χ2n) is 6.54. The van der Waals surface area contributed by atoms with E-state index in [1.165, 1.54) is 16.7 Å². The van der Waals surface area contributed by atoms with Gasteiger partial charge in [-0.1, -0.05) is 48.5 Å². The van der Waals surface area contributed by atoms with Gasteiger partial charge in [-0.3, -0.25) is 4.40 Å². The van der Waals surface area contributed by atoms with E-state index in [0.717, 1.165) is 33.7 Å². The third kappa shape index (κ3) is 3.25. The van der Waals surface area contributed by atoms with Gasteiger partial charge in [0.2, 0.25) is 0 Å². The second kappa shape index (κ2) is 6.96. The Balaban J connectivity index is 1.85. The molecule has 0 amide bonds. The molecule has 0 atom stereocenters. The fraction of sp³-hybridized carbons (Fsp3) is 0.136. The molecule has 0 unspecified atom stereocenters. The minimum atomic E-state index is 0.785. The van der Waals surface area contributed by atoms with Crippen molar-refractivity contribution in [3.05, 3.63) is 93.7 Å². The molecule has 4 heteroatoms. The molecule has 0 radical (unpaired) electrons. The van der Waals surface area contributed by atoms with Crippen molar-refractivity contribution in [1.29, 1.82) is 0 Å². The van der Waals surface area contributed by atoms with Crippen LogP contribution in [-0.2, 0) is 6.42 Å². The number of aromatic nitrogens is 2. The summed E-state index contributed by atoms with van der Waals surface area (Å²) in [7, 11) is 0. The highest BCUT2D eigenvalue weighted by Crippen LogP contribution is 2.29. The second-order valence-corrected chi connectivity index (χ2v) is 7.45. The van der Waals surface area contributed by atoms with Crippen molar-refractivity contribution in [3.8, 4) is 0 Å². The first kappa shape index (κ1) is 16.9. The number of imidazole rings is 1. The minimum Gasteiger partial charge on any atom is -0.339 e. The lowest BCUT2D eigenvalue weighted by Gasteiger charge is -2.14. The van der Waals surface area contributed by atoms with Crippen molar-refractivity contribution in [2.45, 2.75) is 20.3 Å². The third-order valence-electron chi connectivity index (χ3n) is 4.59. The summed E-state index contributed by atoms with van der Waals surface area (Å²) in [6, 6.07) is 20.9. The molecule has 0 spiro atoms. The molecule has 0 fully saturated rings. The molecule has 26 heavy (non-hydrogen) atoms. The smallest absolute Gasteiger partial charge is 0.138 e. The fourth-order valence-electron chi connectivity index (χ4n) is 3.24. The van der Waals surface area contributed by atoms with Gasteiger partial charge >= 0.3 is 0 Å². The number of rotatable bonds is 4. The summed E-state index contributed by atoms with van der Waals surface area (Å²) in [5.41, 5.74) is 6.81. The van der Waals surface area contributed by atoms with E-state index in [1.807, 2.05) is 18.2 Å². The van der Waals surface area contributed by atoms with Crippen LogP contribution in [0.5, 0.6) is 0 Å². The molecule has 0 saturated heterocycles. The Morgan fingerprint density at radius 1 is 0.923 bits per heavy atom. The van der Waals surface area contributed by atoms with Gasteiger partial charge in [0.05, 0.1) is 5.69 Å². The van der Waals surface area contributed by atoms with E-state index in [4.69, 9.17) is 4.98 Å². The van der Waals surface area contributed by atoms with Crippen molar-refractivity contribution < 1.29 is 0 Å². The molecule has 3 nitrogen and oxygen atoms in total. The van der Waals surface area contributed by atoms with Gasteiger partial charge in [0.25, 0.3) is 0 Å². The Labute approximate surface area is 161 Å². The van der Waals surface area contributed by atoms with Crippen LogP contribution >= 0.6 is 15.9 Å². The van der Waals surface area contributed by atoms with E-state index in [1.54, 1.807) is 0 Å². The average Bonchev–Trinajstić information content (AvgIpc) is 2.95. The molecule has 130 valence electrons. The third-order valence-corrected chi connectivity index (χ3v) is 5.06. The molecule has 2 aromatic heterocycles. The molecule has 0 bridgehead atoms. The van der Waals surface area contributed by atoms with Gasteiger partial charge in [0.15, 0.2) is 0 Å². The summed E-state index contributed by atoms with van der Waals surface area (Å²) >= 11 is 3.58. The van der Waals surface area contributed by atoms with Crippen molar-refractivity contribution in [1.82, 2.24) is 9.38 Å². The lowest BCUT2D eigenvalue weighted by Crippen LogP contribution is -2.02. The fourth-order valence-corrected chi connectivity index (χ4v) is 3.58. The standard InChI is InChI=1S/C22H20BrN3/c1-15-7-6-8-16(2)21(15)25-22-19(13-17-9-4-3-5-10-17)24-20-12-11-18(23)14-26(20)22/h3-12,14,25H,13H2,1-2H3. The zero-order valence-electron chi connectivity index (χ0n) is 14.8. The first-order chi connectivity index (χ1) is 12.6. The van der Waals surface area contributed by atoms with Crippen LogP contribution < -0.4 is 5.32 Å². The topological polar surface area (TPSA) is 29.3 Å². The van der Waals surface area contributed by atoms with Gasteiger partial charge in [-0.2, -0.15) is 0 Å². The molecule has 0 aliphatic heterocycles. The van der Waals surface area contributed by atoms with E-state index in [0.29, 0.717) is 0 Å². The lowest BCUT2D eigenvalue weighted by molar-refractivity contribution is 1.11. The summed E-state index contributed by atoms with van der Waals surface area (Å²) in [5.74, 6) is 1.02. The number of hydrogen-bond acceptors (Lipinski definition) is 2.